The number of sulfonamides is 1. The lowest BCUT2D eigenvalue weighted by molar-refractivity contribution is -0.135. The van der Waals surface area contributed by atoms with E-state index in [0.29, 0.717) is 5.75 Å². The fourth-order valence-electron chi connectivity index (χ4n) is 3.05. The van der Waals surface area contributed by atoms with Crippen molar-refractivity contribution in [3.8, 4) is 5.75 Å². The van der Waals surface area contributed by atoms with Gasteiger partial charge in [0.05, 0.1) is 16.7 Å². The Balaban J connectivity index is 1.86. The highest BCUT2D eigenvalue weighted by Gasteiger charge is 2.27. The third kappa shape index (κ3) is 4.16. The van der Waals surface area contributed by atoms with Crippen molar-refractivity contribution in [2.45, 2.75) is 36.7 Å². The molecule has 0 radical (unpaired) electrons. The van der Waals surface area contributed by atoms with Gasteiger partial charge in [-0.3, -0.25) is 9.10 Å². The van der Waals surface area contributed by atoms with Crippen molar-refractivity contribution >= 4 is 21.7 Å². The first kappa shape index (κ1) is 18.3. The van der Waals surface area contributed by atoms with Crippen LogP contribution in [0, 0.1) is 0 Å². The molecule has 0 atom stereocenters. The largest absolute Gasteiger partial charge is 0.490 e. The summed E-state index contributed by atoms with van der Waals surface area (Å²) in [6, 6.07) is 14.3. The number of carbonyl (C=O) groups is 1. The molecule has 0 unspecified atom stereocenters. The Bertz CT molecular complexity index is 843. The van der Waals surface area contributed by atoms with E-state index in [9.17, 15) is 13.2 Å². The first-order chi connectivity index (χ1) is 12.5. The molecule has 3 rings (SSSR count). The van der Waals surface area contributed by atoms with Gasteiger partial charge in [0.2, 0.25) is 0 Å². The maximum Gasteiger partial charge on any atom is 0.324 e. The maximum absolute atomic E-state index is 12.9. The Kier molecular flexibility index (Phi) is 5.46. The number of benzene rings is 2. The highest BCUT2D eigenvalue weighted by Crippen LogP contribution is 2.28. The zero-order chi connectivity index (χ0) is 18.6. The molecular weight excluding hydrogens is 354 g/mol. The lowest BCUT2D eigenvalue weighted by Gasteiger charge is -2.23. The molecule has 2 aromatic rings. The summed E-state index contributed by atoms with van der Waals surface area (Å²) in [5, 5.41) is 9.17. The number of rotatable bonds is 7. The second kappa shape index (κ2) is 7.78. The molecule has 2 aromatic carbocycles. The summed E-state index contributed by atoms with van der Waals surface area (Å²) < 4.78 is 32.5. The molecule has 138 valence electrons. The summed E-state index contributed by atoms with van der Waals surface area (Å²) >= 11 is 0. The van der Waals surface area contributed by atoms with Crippen LogP contribution in [0.1, 0.15) is 25.7 Å². The first-order valence-corrected chi connectivity index (χ1v) is 9.97. The summed E-state index contributed by atoms with van der Waals surface area (Å²) in [6.07, 6.45) is 4.56. The quantitative estimate of drug-likeness (QED) is 0.803. The molecule has 0 bridgehead atoms. The Morgan fingerprint density at radius 3 is 2.23 bits per heavy atom. The molecule has 1 aliphatic carbocycles. The zero-order valence-electron chi connectivity index (χ0n) is 14.2. The number of nitrogens with zero attached hydrogens (tertiary/aromatic N) is 1. The minimum atomic E-state index is -3.97. The molecular formula is C19H21NO5S. The molecule has 0 spiro atoms. The Hall–Kier alpha value is -2.54. The minimum absolute atomic E-state index is 0.0486. The van der Waals surface area contributed by atoms with Crippen molar-refractivity contribution in [3.05, 3.63) is 54.6 Å². The van der Waals surface area contributed by atoms with Crippen LogP contribution in [0.25, 0.3) is 0 Å². The molecule has 0 heterocycles. The molecule has 1 fully saturated rings. The van der Waals surface area contributed by atoms with Crippen LogP contribution in [0.3, 0.4) is 0 Å². The molecule has 0 aliphatic heterocycles. The number of anilines is 1. The molecule has 0 amide bonds. The summed E-state index contributed by atoms with van der Waals surface area (Å²) in [5.74, 6) is -0.566. The van der Waals surface area contributed by atoms with E-state index >= 15 is 0 Å². The van der Waals surface area contributed by atoms with Gasteiger partial charge in [0.25, 0.3) is 10.0 Å². The summed E-state index contributed by atoms with van der Waals surface area (Å²) in [6.45, 7) is -0.653. The van der Waals surface area contributed by atoms with Crippen LogP contribution in [0.5, 0.6) is 5.75 Å². The van der Waals surface area contributed by atoms with E-state index in [1.54, 1.807) is 42.5 Å². The van der Waals surface area contributed by atoms with E-state index in [1.807, 2.05) is 0 Å². The maximum atomic E-state index is 12.9. The number of hydrogen-bond donors (Lipinski definition) is 1. The van der Waals surface area contributed by atoms with Gasteiger partial charge in [-0.1, -0.05) is 18.2 Å². The summed E-state index contributed by atoms with van der Waals surface area (Å²) in [4.78, 5) is 11.3. The third-order valence-electron chi connectivity index (χ3n) is 4.34. The zero-order valence-corrected chi connectivity index (χ0v) is 15.1. The Labute approximate surface area is 153 Å². The normalized spacial score (nSPS) is 14.9. The number of aliphatic carboxylic acids is 1. The van der Waals surface area contributed by atoms with Gasteiger partial charge in [-0.25, -0.2) is 8.42 Å². The predicted octanol–water partition coefficient (Wildman–Crippen LogP) is 3.29. The van der Waals surface area contributed by atoms with Gasteiger partial charge in [0, 0.05) is 0 Å². The number of carboxylic acid groups (broad SMARTS) is 1. The van der Waals surface area contributed by atoms with Crippen LogP contribution >= 0.6 is 0 Å². The van der Waals surface area contributed by atoms with Crippen molar-refractivity contribution < 1.29 is 23.1 Å². The molecule has 1 N–H and O–H groups in total. The number of carboxylic acids is 1. The van der Waals surface area contributed by atoms with E-state index in [0.717, 1.165) is 30.0 Å². The minimum Gasteiger partial charge on any atom is -0.490 e. The molecule has 0 aromatic heterocycles. The molecule has 1 saturated carbocycles. The van der Waals surface area contributed by atoms with Gasteiger partial charge < -0.3 is 9.84 Å². The topological polar surface area (TPSA) is 83.9 Å². The van der Waals surface area contributed by atoms with Crippen molar-refractivity contribution in [2.24, 2.45) is 0 Å². The molecule has 0 saturated heterocycles. The molecule has 1 aliphatic rings. The van der Waals surface area contributed by atoms with E-state index < -0.39 is 22.5 Å². The smallest absolute Gasteiger partial charge is 0.324 e. The Morgan fingerprint density at radius 2 is 1.65 bits per heavy atom. The average molecular weight is 375 g/mol. The SMILES string of the molecule is O=C(O)CN(c1ccc(OC2CCCC2)cc1)S(=O)(=O)c1ccccc1. The van der Waals surface area contributed by atoms with E-state index in [4.69, 9.17) is 9.84 Å². The second-order valence-electron chi connectivity index (χ2n) is 6.24. The third-order valence-corrected chi connectivity index (χ3v) is 6.13. The second-order valence-corrected chi connectivity index (χ2v) is 8.10. The predicted molar refractivity (Wildman–Crippen MR) is 97.9 cm³/mol. The number of ether oxygens (including phenoxy) is 1. The monoisotopic (exact) mass is 375 g/mol. The fourth-order valence-corrected chi connectivity index (χ4v) is 4.48. The van der Waals surface area contributed by atoms with Gasteiger partial charge in [0.1, 0.15) is 12.3 Å². The van der Waals surface area contributed by atoms with Crippen LogP contribution in [0.15, 0.2) is 59.5 Å². The van der Waals surface area contributed by atoms with Gasteiger partial charge in [-0.05, 0) is 62.1 Å². The summed E-state index contributed by atoms with van der Waals surface area (Å²) in [7, 11) is -3.97. The fraction of sp³-hybridized carbons (Fsp3) is 0.316. The van der Waals surface area contributed by atoms with Crippen molar-refractivity contribution in [1.29, 1.82) is 0 Å². The van der Waals surface area contributed by atoms with Crippen LogP contribution < -0.4 is 9.04 Å². The van der Waals surface area contributed by atoms with E-state index in [-0.39, 0.29) is 16.7 Å². The highest BCUT2D eigenvalue weighted by atomic mass is 32.2. The van der Waals surface area contributed by atoms with Crippen molar-refractivity contribution in [2.75, 3.05) is 10.8 Å². The molecule has 7 heteroatoms. The van der Waals surface area contributed by atoms with Gasteiger partial charge in [-0.15, -0.1) is 0 Å². The average Bonchev–Trinajstić information content (AvgIpc) is 3.14. The molecule has 26 heavy (non-hydrogen) atoms. The van der Waals surface area contributed by atoms with Gasteiger partial charge in [-0.2, -0.15) is 0 Å². The highest BCUT2D eigenvalue weighted by molar-refractivity contribution is 7.92. The lowest BCUT2D eigenvalue weighted by Crippen LogP contribution is -2.35. The van der Waals surface area contributed by atoms with Crippen LogP contribution in [0.4, 0.5) is 5.69 Å². The van der Waals surface area contributed by atoms with E-state index in [2.05, 4.69) is 0 Å². The lowest BCUT2D eigenvalue weighted by atomic mass is 10.2. The molecule has 6 nitrogen and oxygen atoms in total. The van der Waals surface area contributed by atoms with Crippen LogP contribution in [-0.2, 0) is 14.8 Å². The van der Waals surface area contributed by atoms with Crippen molar-refractivity contribution in [3.63, 3.8) is 0 Å². The summed E-state index contributed by atoms with van der Waals surface area (Å²) in [5.41, 5.74) is 0.287. The Morgan fingerprint density at radius 1 is 1.04 bits per heavy atom. The van der Waals surface area contributed by atoms with Crippen molar-refractivity contribution in [1.82, 2.24) is 0 Å². The number of hydrogen-bond acceptors (Lipinski definition) is 4. The van der Waals surface area contributed by atoms with Crippen LogP contribution in [0.2, 0.25) is 0 Å². The standard InChI is InChI=1S/C19H21NO5S/c21-19(22)14-20(26(23,24)18-8-2-1-3-9-18)15-10-12-17(13-11-15)25-16-6-4-5-7-16/h1-3,8-13,16H,4-7,14H2,(H,21,22). The van der Waals surface area contributed by atoms with E-state index in [1.165, 1.54) is 12.1 Å². The van der Waals surface area contributed by atoms with Gasteiger partial charge in [0.15, 0.2) is 0 Å². The van der Waals surface area contributed by atoms with Crippen LogP contribution in [-0.4, -0.2) is 32.1 Å². The first-order valence-electron chi connectivity index (χ1n) is 8.53. The van der Waals surface area contributed by atoms with Gasteiger partial charge >= 0.3 is 5.97 Å².